The highest BCUT2D eigenvalue weighted by atomic mass is 32.2. The van der Waals surface area contributed by atoms with E-state index in [2.05, 4.69) is 34.5 Å². The molecule has 3 aliphatic rings. The molecule has 0 bridgehead atoms. The molecule has 2 aliphatic heterocycles. The molecule has 1 spiro atoms. The molecule has 1 aliphatic carbocycles. The van der Waals surface area contributed by atoms with Gasteiger partial charge in [0.1, 0.15) is 11.7 Å². The Morgan fingerprint density at radius 2 is 2.10 bits per heavy atom. The Hall–Kier alpha value is -1.00. The van der Waals surface area contributed by atoms with Gasteiger partial charge in [-0.05, 0) is 37.0 Å². The third-order valence-electron chi connectivity index (χ3n) is 4.68. The van der Waals surface area contributed by atoms with Crippen LogP contribution in [0.4, 0.5) is 0 Å². The second-order valence-corrected chi connectivity index (χ2v) is 7.54. The average Bonchev–Trinajstić information content (AvgIpc) is 2.99. The molecule has 2 atom stereocenters. The molecule has 20 heavy (non-hydrogen) atoms. The first-order chi connectivity index (χ1) is 9.78. The molecular formula is C16H20N2OS. The lowest BCUT2D eigenvalue weighted by Crippen LogP contribution is -2.36. The summed E-state index contributed by atoms with van der Waals surface area (Å²) < 4.78 is 0. The Bertz CT molecular complexity index is 508. The van der Waals surface area contributed by atoms with Crippen LogP contribution in [0, 0.1) is 0 Å². The number of nitrogens with one attached hydrogen (secondary N) is 1. The van der Waals surface area contributed by atoms with Crippen molar-refractivity contribution >= 4 is 17.7 Å². The summed E-state index contributed by atoms with van der Waals surface area (Å²) in [5.41, 5.74) is 0.997. The van der Waals surface area contributed by atoms with Gasteiger partial charge in [-0.25, -0.2) is 0 Å². The van der Waals surface area contributed by atoms with Crippen molar-refractivity contribution in [3.8, 4) is 0 Å². The summed E-state index contributed by atoms with van der Waals surface area (Å²) in [4.78, 5) is 14.8. The Kier molecular flexibility index (Phi) is 3.04. The molecule has 2 unspecified atom stereocenters. The van der Waals surface area contributed by atoms with E-state index in [1.807, 2.05) is 17.8 Å². The van der Waals surface area contributed by atoms with Crippen LogP contribution in [0.5, 0.6) is 0 Å². The monoisotopic (exact) mass is 288 g/mol. The number of carbonyl (C=O) groups is 1. The van der Waals surface area contributed by atoms with Crippen molar-refractivity contribution in [1.82, 2.24) is 10.2 Å². The standard InChI is InChI=1S/C16H20N2OS/c19-15-16(8-9-16)17-14(12-5-2-1-3-6-12)18(15)11-13-7-4-10-20-13/h1-3,5-6,13-14,17H,4,7-11H2. The van der Waals surface area contributed by atoms with Gasteiger partial charge in [0.25, 0.3) is 0 Å². The van der Waals surface area contributed by atoms with E-state index in [-0.39, 0.29) is 11.7 Å². The second kappa shape index (κ2) is 4.78. The fourth-order valence-corrected chi connectivity index (χ4v) is 4.64. The summed E-state index contributed by atoms with van der Waals surface area (Å²) in [6.45, 7) is 0.901. The van der Waals surface area contributed by atoms with Crippen LogP contribution >= 0.6 is 11.8 Å². The van der Waals surface area contributed by atoms with Gasteiger partial charge in [-0.3, -0.25) is 10.1 Å². The van der Waals surface area contributed by atoms with Gasteiger partial charge < -0.3 is 4.90 Å². The molecule has 1 aromatic carbocycles. The quantitative estimate of drug-likeness (QED) is 0.927. The Labute approximate surface area is 124 Å². The Morgan fingerprint density at radius 3 is 2.75 bits per heavy atom. The molecule has 4 rings (SSSR count). The number of nitrogens with zero attached hydrogens (tertiary/aromatic N) is 1. The molecule has 1 saturated carbocycles. The first kappa shape index (κ1) is 12.7. The summed E-state index contributed by atoms with van der Waals surface area (Å²) >= 11 is 2.03. The summed E-state index contributed by atoms with van der Waals surface area (Å²) in [7, 11) is 0. The number of amides is 1. The van der Waals surface area contributed by atoms with E-state index in [1.54, 1.807) is 0 Å². The van der Waals surface area contributed by atoms with Gasteiger partial charge in [0, 0.05) is 11.8 Å². The first-order valence-corrected chi connectivity index (χ1v) is 8.59. The van der Waals surface area contributed by atoms with Crippen LogP contribution in [0.25, 0.3) is 0 Å². The van der Waals surface area contributed by atoms with Crippen LogP contribution in [0.1, 0.15) is 37.4 Å². The zero-order chi connectivity index (χ0) is 13.6. The Morgan fingerprint density at radius 1 is 1.30 bits per heavy atom. The fraction of sp³-hybridized carbons (Fsp3) is 0.562. The summed E-state index contributed by atoms with van der Waals surface area (Å²) in [5.74, 6) is 1.58. The predicted octanol–water partition coefficient (Wildman–Crippen LogP) is 2.55. The SMILES string of the molecule is O=C1N(CC2CCCS2)C(c2ccccc2)NC12CC2. The van der Waals surface area contributed by atoms with E-state index >= 15 is 0 Å². The van der Waals surface area contributed by atoms with Crippen LogP contribution in [-0.2, 0) is 4.79 Å². The van der Waals surface area contributed by atoms with Crippen molar-refractivity contribution in [3.63, 3.8) is 0 Å². The van der Waals surface area contributed by atoms with Gasteiger partial charge in [0.2, 0.25) is 5.91 Å². The normalized spacial score (nSPS) is 31.2. The van der Waals surface area contributed by atoms with Crippen LogP contribution in [-0.4, -0.2) is 33.9 Å². The van der Waals surface area contributed by atoms with Gasteiger partial charge in [0.05, 0.1) is 0 Å². The van der Waals surface area contributed by atoms with E-state index in [1.165, 1.54) is 24.2 Å². The molecule has 0 radical (unpaired) electrons. The maximum atomic E-state index is 12.7. The van der Waals surface area contributed by atoms with E-state index < -0.39 is 0 Å². The second-order valence-electron chi connectivity index (χ2n) is 6.13. The summed E-state index contributed by atoms with van der Waals surface area (Å²) in [6.07, 6.45) is 4.63. The highest BCUT2D eigenvalue weighted by molar-refractivity contribution is 8.00. The van der Waals surface area contributed by atoms with Gasteiger partial charge in [-0.15, -0.1) is 0 Å². The molecule has 0 aromatic heterocycles. The zero-order valence-corrected chi connectivity index (χ0v) is 12.4. The number of hydrogen-bond acceptors (Lipinski definition) is 3. The third-order valence-corrected chi connectivity index (χ3v) is 6.07. The van der Waals surface area contributed by atoms with Crippen LogP contribution in [0.15, 0.2) is 30.3 Å². The van der Waals surface area contributed by atoms with Gasteiger partial charge in [-0.1, -0.05) is 30.3 Å². The fourth-order valence-electron chi connectivity index (χ4n) is 3.37. The van der Waals surface area contributed by atoms with E-state index in [0.29, 0.717) is 11.2 Å². The highest BCUT2D eigenvalue weighted by Crippen LogP contribution is 2.46. The average molecular weight is 288 g/mol. The van der Waals surface area contributed by atoms with Crippen molar-refractivity contribution in [2.45, 2.75) is 42.6 Å². The molecule has 1 amide bonds. The topological polar surface area (TPSA) is 32.3 Å². The third kappa shape index (κ3) is 2.06. The van der Waals surface area contributed by atoms with E-state index in [9.17, 15) is 4.79 Å². The maximum Gasteiger partial charge on any atom is 0.244 e. The molecule has 2 heterocycles. The van der Waals surface area contributed by atoms with Crippen molar-refractivity contribution in [2.75, 3.05) is 12.3 Å². The zero-order valence-electron chi connectivity index (χ0n) is 11.5. The van der Waals surface area contributed by atoms with Crippen molar-refractivity contribution < 1.29 is 4.79 Å². The predicted molar refractivity (Wildman–Crippen MR) is 81.5 cm³/mol. The highest BCUT2D eigenvalue weighted by Gasteiger charge is 2.59. The molecule has 3 fully saturated rings. The number of carbonyl (C=O) groups excluding carboxylic acids is 1. The van der Waals surface area contributed by atoms with E-state index in [4.69, 9.17) is 0 Å². The van der Waals surface area contributed by atoms with Gasteiger partial charge >= 0.3 is 0 Å². The minimum absolute atomic E-state index is 0.0763. The molecule has 4 heteroatoms. The Balaban J connectivity index is 1.60. The number of hydrogen-bond donors (Lipinski definition) is 1. The van der Waals surface area contributed by atoms with Gasteiger partial charge in [-0.2, -0.15) is 11.8 Å². The van der Waals surface area contributed by atoms with Crippen LogP contribution < -0.4 is 5.32 Å². The summed E-state index contributed by atoms with van der Waals surface area (Å²) in [5, 5.41) is 4.22. The molecule has 106 valence electrons. The first-order valence-electron chi connectivity index (χ1n) is 7.54. The van der Waals surface area contributed by atoms with Gasteiger partial charge in [0.15, 0.2) is 0 Å². The number of thioether (sulfide) groups is 1. The van der Waals surface area contributed by atoms with Crippen LogP contribution in [0.3, 0.4) is 0 Å². The lowest BCUT2D eigenvalue weighted by atomic mass is 10.1. The number of rotatable bonds is 3. The lowest BCUT2D eigenvalue weighted by molar-refractivity contribution is -0.130. The lowest BCUT2D eigenvalue weighted by Gasteiger charge is -2.27. The van der Waals surface area contributed by atoms with E-state index in [0.717, 1.165) is 19.4 Å². The molecule has 3 nitrogen and oxygen atoms in total. The van der Waals surface area contributed by atoms with Crippen molar-refractivity contribution in [3.05, 3.63) is 35.9 Å². The minimum Gasteiger partial charge on any atom is -0.320 e. The number of benzene rings is 1. The van der Waals surface area contributed by atoms with Crippen molar-refractivity contribution in [1.29, 1.82) is 0 Å². The van der Waals surface area contributed by atoms with Crippen molar-refractivity contribution in [2.24, 2.45) is 0 Å². The molecule has 2 saturated heterocycles. The molecule has 1 N–H and O–H groups in total. The van der Waals surface area contributed by atoms with Crippen LogP contribution in [0.2, 0.25) is 0 Å². The maximum absolute atomic E-state index is 12.7. The largest absolute Gasteiger partial charge is 0.320 e. The summed E-state index contributed by atoms with van der Waals surface area (Å²) in [6, 6.07) is 10.4. The smallest absolute Gasteiger partial charge is 0.244 e. The molecule has 1 aromatic rings. The molecular weight excluding hydrogens is 268 g/mol. The minimum atomic E-state index is -0.218.